The van der Waals surface area contributed by atoms with Crippen LogP contribution >= 0.6 is 0 Å². The number of pyridine rings is 1. The number of fused-ring (bicyclic) bond motifs is 1. The largest absolute Gasteiger partial charge is 0.396 e. The first-order valence-corrected chi connectivity index (χ1v) is 6.49. The van der Waals surface area contributed by atoms with Gasteiger partial charge in [-0.2, -0.15) is 0 Å². The molecule has 0 bridgehead atoms. The highest BCUT2D eigenvalue weighted by Gasteiger charge is 2.16. The molecule has 0 radical (unpaired) electrons. The Kier molecular flexibility index (Phi) is 4.02. The van der Waals surface area contributed by atoms with Gasteiger partial charge in [0.15, 0.2) is 0 Å². The normalized spacial score (nSPS) is 11.9. The minimum Gasteiger partial charge on any atom is -0.396 e. The Hall–Kier alpha value is -1.65. The first kappa shape index (κ1) is 13.8. The molecular weight excluding hydrogens is 240 g/mol. The van der Waals surface area contributed by atoms with Crippen molar-refractivity contribution in [2.24, 2.45) is 0 Å². The second-order valence-corrected chi connectivity index (χ2v) is 5.42. The van der Waals surface area contributed by atoms with Crippen LogP contribution in [-0.4, -0.2) is 22.2 Å². The molecule has 1 heterocycles. The van der Waals surface area contributed by atoms with E-state index in [1.807, 2.05) is 44.2 Å². The summed E-state index contributed by atoms with van der Waals surface area (Å²) in [4.78, 5) is 14.8. The molecule has 0 amide bonds. The molecular formula is C15H20N2O2. The molecule has 0 unspecified atom stereocenters. The number of benzene rings is 1. The Morgan fingerprint density at radius 1 is 1.32 bits per heavy atom. The quantitative estimate of drug-likeness (QED) is 0.767. The predicted molar refractivity (Wildman–Crippen MR) is 77.2 cm³/mol. The van der Waals surface area contributed by atoms with Gasteiger partial charge in [0.2, 0.25) is 0 Å². The summed E-state index contributed by atoms with van der Waals surface area (Å²) in [6.45, 7) is 4.65. The summed E-state index contributed by atoms with van der Waals surface area (Å²) in [5.74, 6) is 0. The highest BCUT2D eigenvalue weighted by atomic mass is 16.3. The molecule has 3 N–H and O–H groups in total. The van der Waals surface area contributed by atoms with Crippen LogP contribution in [0.5, 0.6) is 0 Å². The molecule has 0 fully saturated rings. The second kappa shape index (κ2) is 5.55. The molecule has 0 saturated heterocycles. The molecule has 2 aromatic rings. The molecule has 0 aliphatic carbocycles. The summed E-state index contributed by atoms with van der Waals surface area (Å²) in [5, 5.41) is 13.3. The zero-order chi connectivity index (χ0) is 13.9. The monoisotopic (exact) mass is 260 g/mol. The average molecular weight is 260 g/mol. The van der Waals surface area contributed by atoms with E-state index in [9.17, 15) is 4.79 Å². The van der Waals surface area contributed by atoms with Crippen LogP contribution in [0.15, 0.2) is 35.1 Å². The average Bonchev–Trinajstić information content (AvgIpc) is 2.36. The number of rotatable bonds is 5. The van der Waals surface area contributed by atoms with Crippen LogP contribution in [0, 0.1) is 0 Å². The maximum absolute atomic E-state index is 12.0. The van der Waals surface area contributed by atoms with E-state index in [2.05, 4.69) is 10.3 Å². The van der Waals surface area contributed by atoms with Crippen molar-refractivity contribution in [3.63, 3.8) is 0 Å². The highest BCUT2D eigenvalue weighted by molar-refractivity contribution is 5.78. The minimum absolute atomic E-state index is 0.0639. The molecule has 4 heteroatoms. The van der Waals surface area contributed by atoms with Gasteiger partial charge < -0.3 is 15.4 Å². The summed E-state index contributed by atoms with van der Waals surface area (Å²) in [7, 11) is 0. The van der Waals surface area contributed by atoms with E-state index in [1.54, 1.807) is 0 Å². The van der Waals surface area contributed by atoms with Crippen molar-refractivity contribution >= 4 is 10.9 Å². The summed E-state index contributed by atoms with van der Waals surface area (Å²) in [5.41, 5.74) is 1.31. The smallest absolute Gasteiger partial charge is 0.252 e. The molecule has 0 spiro atoms. The Bertz CT molecular complexity index is 617. The Labute approximate surface area is 112 Å². The van der Waals surface area contributed by atoms with Crippen molar-refractivity contribution in [3.05, 3.63) is 46.2 Å². The molecule has 0 atom stereocenters. The van der Waals surface area contributed by atoms with Crippen molar-refractivity contribution in [3.8, 4) is 0 Å². The number of nitrogens with one attached hydrogen (secondary N) is 2. The van der Waals surface area contributed by atoms with Gasteiger partial charge in [-0.3, -0.25) is 4.79 Å². The maximum atomic E-state index is 12.0. The van der Waals surface area contributed by atoms with Gasteiger partial charge in [0.25, 0.3) is 5.56 Å². The van der Waals surface area contributed by atoms with Crippen LogP contribution in [0.2, 0.25) is 0 Å². The number of aliphatic hydroxyl groups is 1. The lowest BCUT2D eigenvalue weighted by Gasteiger charge is -2.25. The molecule has 1 aromatic heterocycles. The number of aromatic nitrogens is 1. The summed E-state index contributed by atoms with van der Waals surface area (Å²) in [6.07, 6.45) is 0.651. The van der Waals surface area contributed by atoms with Gasteiger partial charge in [0, 0.05) is 29.8 Å². The first-order chi connectivity index (χ1) is 9.02. The van der Waals surface area contributed by atoms with E-state index in [0.29, 0.717) is 18.5 Å². The van der Waals surface area contributed by atoms with Crippen molar-refractivity contribution < 1.29 is 5.11 Å². The second-order valence-electron chi connectivity index (χ2n) is 5.42. The third-order valence-electron chi connectivity index (χ3n) is 3.32. The number of para-hydroxylation sites is 1. The summed E-state index contributed by atoms with van der Waals surface area (Å²) < 4.78 is 0. The molecule has 19 heavy (non-hydrogen) atoms. The van der Waals surface area contributed by atoms with Crippen LogP contribution in [-0.2, 0) is 6.54 Å². The van der Waals surface area contributed by atoms with E-state index >= 15 is 0 Å². The zero-order valence-electron chi connectivity index (χ0n) is 11.4. The zero-order valence-corrected chi connectivity index (χ0v) is 11.4. The van der Waals surface area contributed by atoms with E-state index in [4.69, 9.17) is 5.11 Å². The Morgan fingerprint density at radius 2 is 2.05 bits per heavy atom. The fourth-order valence-corrected chi connectivity index (χ4v) is 2.03. The summed E-state index contributed by atoms with van der Waals surface area (Å²) >= 11 is 0. The first-order valence-electron chi connectivity index (χ1n) is 6.49. The van der Waals surface area contributed by atoms with Crippen molar-refractivity contribution in [2.75, 3.05) is 6.61 Å². The lowest BCUT2D eigenvalue weighted by atomic mass is 10.0. The van der Waals surface area contributed by atoms with Gasteiger partial charge in [0.1, 0.15) is 0 Å². The standard InChI is InChI=1S/C15H20N2O2/c1-15(2,7-8-18)16-10-12-9-11-5-3-4-6-13(11)17-14(12)19/h3-6,9,16,18H,7-8,10H2,1-2H3,(H,17,19). The van der Waals surface area contributed by atoms with Gasteiger partial charge in [-0.25, -0.2) is 0 Å². The number of aliphatic hydroxyl groups excluding tert-OH is 1. The molecule has 4 nitrogen and oxygen atoms in total. The number of hydrogen-bond donors (Lipinski definition) is 3. The molecule has 0 saturated carbocycles. The van der Waals surface area contributed by atoms with Crippen LogP contribution < -0.4 is 10.9 Å². The molecule has 2 rings (SSSR count). The lowest BCUT2D eigenvalue weighted by Crippen LogP contribution is -2.40. The third kappa shape index (κ3) is 3.43. The van der Waals surface area contributed by atoms with Crippen LogP contribution in [0.1, 0.15) is 25.8 Å². The van der Waals surface area contributed by atoms with Crippen LogP contribution in [0.4, 0.5) is 0 Å². The van der Waals surface area contributed by atoms with Gasteiger partial charge >= 0.3 is 0 Å². The lowest BCUT2D eigenvalue weighted by molar-refractivity contribution is 0.230. The van der Waals surface area contributed by atoms with E-state index in [1.165, 1.54) is 0 Å². The predicted octanol–water partition coefficient (Wildman–Crippen LogP) is 1.78. The topological polar surface area (TPSA) is 65.1 Å². The molecule has 1 aromatic carbocycles. The van der Waals surface area contributed by atoms with Crippen molar-refractivity contribution in [1.82, 2.24) is 10.3 Å². The van der Waals surface area contributed by atoms with Crippen molar-refractivity contribution in [1.29, 1.82) is 0 Å². The van der Waals surface area contributed by atoms with Crippen molar-refractivity contribution in [2.45, 2.75) is 32.4 Å². The van der Waals surface area contributed by atoms with Crippen LogP contribution in [0.25, 0.3) is 10.9 Å². The highest BCUT2D eigenvalue weighted by Crippen LogP contribution is 2.12. The summed E-state index contributed by atoms with van der Waals surface area (Å²) in [6, 6.07) is 9.64. The number of aromatic amines is 1. The number of H-pyrrole nitrogens is 1. The van der Waals surface area contributed by atoms with Gasteiger partial charge in [0.05, 0.1) is 0 Å². The Balaban J connectivity index is 2.21. The van der Waals surface area contributed by atoms with E-state index in [0.717, 1.165) is 10.9 Å². The molecule has 0 aliphatic heterocycles. The van der Waals surface area contributed by atoms with Gasteiger partial charge in [-0.05, 0) is 37.8 Å². The fourth-order valence-electron chi connectivity index (χ4n) is 2.03. The third-order valence-corrected chi connectivity index (χ3v) is 3.32. The Morgan fingerprint density at radius 3 is 2.79 bits per heavy atom. The maximum Gasteiger partial charge on any atom is 0.252 e. The number of hydrogen-bond acceptors (Lipinski definition) is 3. The van der Waals surface area contributed by atoms with E-state index in [-0.39, 0.29) is 17.7 Å². The SMILES string of the molecule is CC(C)(CCO)NCc1cc2ccccc2[nH]c1=O. The minimum atomic E-state index is -0.188. The van der Waals surface area contributed by atoms with Gasteiger partial charge in [-0.1, -0.05) is 18.2 Å². The van der Waals surface area contributed by atoms with Crippen LogP contribution in [0.3, 0.4) is 0 Å². The van der Waals surface area contributed by atoms with Gasteiger partial charge in [-0.15, -0.1) is 0 Å². The fraction of sp³-hybridized carbons (Fsp3) is 0.400. The molecule has 0 aliphatic rings. The van der Waals surface area contributed by atoms with E-state index < -0.39 is 0 Å². The molecule has 102 valence electrons.